The molecular formula is C19H20N6OS. The Balaban J connectivity index is 1.54. The number of aromatic nitrogens is 5. The van der Waals surface area contributed by atoms with Crippen LogP contribution in [0.1, 0.15) is 18.2 Å². The van der Waals surface area contributed by atoms with Crippen molar-refractivity contribution < 1.29 is 4.79 Å². The van der Waals surface area contributed by atoms with Crippen molar-refractivity contribution in [1.29, 1.82) is 0 Å². The van der Waals surface area contributed by atoms with E-state index in [0.717, 1.165) is 34.4 Å². The molecule has 4 rings (SSSR count). The monoisotopic (exact) mass is 380 g/mol. The van der Waals surface area contributed by atoms with Crippen molar-refractivity contribution >= 4 is 28.3 Å². The first-order valence-electron chi connectivity index (χ1n) is 8.79. The predicted molar refractivity (Wildman–Crippen MR) is 105 cm³/mol. The van der Waals surface area contributed by atoms with E-state index in [1.165, 1.54) is 4.88 Å². The number of carbonyl (C=O) groups excluding carboxylic acids is 1. The van der Waals surface area contributed by atoms with E-state index >= 15 is 0 Å². The van der Waals surface area contributed by atoms with Crippen molar-refractivity contribution in [2.75, 3.05) is 0 Å². The molecule has 0 bridgehead atoms. The van der Waals surface area contributed by atoms with E-state index in [-0.39, 0.29) is 12.5 Å². The van der Waals surface area contributed by atoms with Gasteiger partial charge in [-0.25, -0.2) is 9.67 Å². The molecule has 1 amide bonds. The molecule has 0 spiro atoms. The van der Waals surface area contributed by atoms with Crippen molar-refractivity contribution in [2.45, 2.75) is 33.5 Å². The summed E-state index contributed by atoms with van der Waals surface area (Å²) < 4.78 is 3.51. The molecule has 0 aliphatic heterocycles. The third kappa shape index (κ3) is 3.48. The van der Waals surface area contributed by atoms with Gasteiger partial charge in [0.1, 0.15) is 6.54 Å². The lowest BCUT2D eigenvalue weighted by molar-refractivity contribution is -0.121. The summed E-state index contributed by atoms with van der Waals surface area (Å²) in [4.78, 5) is 18.0. The van der Waals surface area contributed by atoms with Gasteiger partial charge in [0.05, 0.1) is 17.3 Å². The Labute approximate surface area is 160 Å². The van der Waals surface area contributed by atoms with E-state index in [1.54, 1.807) is 28.4 Å². The van der Waals surface area contributed by atoms with Crippen LogP contribution >= 0.6 is 11.3 Å². The number of aryl methyl sites for hydroxylation is 2. The van der Waals surface area contributed by atoms with Crippen LogP contribution < -0.4 is 5.32 Å². The maximum Gasteiger partial charge on any atom is 0.242 e. The van der Waals surface area contributed by atoms with Gasteiger partial charge in [0.2, 0.25) is 5.91 Å². The summed E-state index contributed by atoms with van der Waals surface area (Å²) in [5.74, 6) is -0.105. The van der Waals surface area contributed by atoms with Crippen molar-refractivity contribution in [3.8, 4) is 10.4 Å². The number of nitrogens with one attached hydrogen (secondary N) is 1. The van der Waals surface area contributed by atoms with E-state index in [2.05, 4.69) is 31.9 Å². The highest BCUT2D eigenvalue weighted by Gasteiger charge is 2.16. The van der Waals surface area contributed by atoms with E-state index in [0.29, 0.717) is 6.54 Å². The topological polar surface area (TPSA) is 77.6 Å². The summed E-state index contributed by atoms with van der Waals surface area (Å²) in [5, 5.41) is 14.7. The average molecular weight is 380 g/mol. The second-order valence-electron chi connectivity index (χ2n) is 6.26. The van der Waals surface area contributed by atoms with Crippen LogP contribution in [0.3, 0.4) is 0 Å². The Morgan fingerprint density at radius 3 is 2.96 bits per heavy atom. The number of hydrogen-bond donors (Lipinski definition) is 1. The minimum Gasteiger partial charge on any atom is -0.350 e. The van der Waals surface area contributed by atoms with Crippen LogP contribution in [-0.4, -0.2) is 30.5 Å². The zero-order valence-electron chi connectivity index (χ0n) is 15.2. The molecule has 0 aromatic carbocycles. The lowest BCUT2D eigenvalue weighted by Gasteiger charge is -2.05. The van der Waals surface area contributed by atoms with Crippen molar-refractivity contribution in [1.82, 2.24) is 29.9 Å². The van der Waals surface area contributed by atoms with E-state index in [4.69, 9.17) is 0 Å². The smallest absolute Gasteiger partial charge is 0.242 e. The minimum atomic E-state index is -0.105. The van der Waals surface area contributed by atoms with E-state index in [1.807, 2.05) is 36.9 Å². The molecule has 0 fully saturated rings. The number of pyridine rings is 1. The average Bonchev–Trinajstić information content (AvgIpc) is 3.41. The fourth-order valence-electron chi connectivity index (χ4n) is 3.09. The molecule has 27 heavy (non-hydrogen) atoms. The van der Waals surface area contributed by atoms with Gasteiger partial charge in [0.15, 0.2) is 5.65 Å². The van der Waals surface area contributed by atoms with Gasteiger partial charge < -0.3 is 5.32 Å². The quantitative estimate of drug-likeness (QED) is 0.558. The molecule has 0 saturated carbocycles. The van der Waals surface area contributed by atoms with Gasteiger partial charge in [-0.2, -0.15) is 10.2 Å². The maximum atomic E-state index is 12.4. The van der Waals surface area contributed by atoms with Crippen LogP contribution in [-0.2, 0) is 24.4 Å². The van der Waals surface area contributed by atoms with E-state index in [9.17, 15) is 4.79 Å². The zero-order valence-corrected chi connectivity index (χ0v) is 16.0. The molecule has 4 aromatic rings. The number of fused-ring (bicyclic) bond motifs is 1. The highest BCUT2D eigenvalue weighted by Crippen LogP contribution is 2.32. The van der Waals surface area contributed by atoms with Gasteiger partial charge >= 0.3 is 0 Å². The number of carbonyl (C=O) groups is 1. The standard InChI is InChI=1S/C19H20N6OS/c1-3-24-11-14(10-22-24)9-21-17(26)12-25-19-18(13(2)23-25)15(6-7-20-19)16-5-4-8-27-16/h4-8,10-11H,3,9,12H2,1-2H3,(H,21,26). The van der Waals surface area contributed by atoms with Gasteiger partial charge in [-0.3, -0.25) is 9.48 Å². The Hall–Kier alpha value is -3.00. The first kappa shape index (κ1) is 17.4. The lowest BCUT2D eigenvalue weighted by Crippen LogP contribution is -2.27. The van der Waals surface area contributed by atoms with Crippen LogP contribution in [0, 0.1) is 6.92 Å². The third-order valence-corrected chi connectivity index (χ3v) is 5.29. The molecule has 4 heterocycles. The third-order valence-electron chi connectivity index (χ3n) is 4.39. The first-order chi connectivity index (χ1) is 13.2. The van der Waals surface area contributed by atoms with Gasteiger partial charge in [-0.05, 0) is 31.4 Å². The summed E-state index contributed by atoms with van der Waals surface area (Å²) in [6.45, 7) is 5.37. The highest BCUT2D eigenvalue weighted by atomic mass is 32.1. The molecule has 4 aromatic heterocycles. The molecule has 138 valence electrons. The highest BCUT2D eigenvalue weighted by molar-refractivity contribution is 7.13. The molecule has 1 N–H and O–H groups in total. The molecule has 8 heteroatoms. The van der Waals surface area contributed by atoms with Crippen LogP contribution in [0.4, 0.5) is 0 Å². The fourth-order valence-corrected chi connectivity index (χ4v) is 3.85. The van der Waals surface area contributed by atoms with Gasteiger partial charge in [-0.15, -0.1) is 11.3 Å². The minimum absolute atomic E-state index is 0.105. The van der Waals surface area contributed by atoms with Crippen LogP contribution in [0.5, 0.6) is 0 Å². The molecule has 0 unspecified atom stereocenters. The lowest BCUT2D eigenvalue weighted by atomic mass is 10.1. The van der Waals surface area contributed by atoms with Crippen LogP contribution in [0.25, 0.3) is 21.5 Å². The normalized spacial score (nSPS) is 11.2. The molecule has 7 nitrogen and oxygen atoms in total. The maximum absolute atomic E-state index is 12.4. The fraction of sp³-hybridized carbons (Fsp3) is 0.263. The second-order valence-corrected chi connectivity index (χ2v) is 7.21. The number of amides is 1. The summed E-state index contributed by atoms with van der Waals surface area (Å²) >= 11 is 1.68. The van der Waals surface area contributed by atoms with Crippen molar-refractivity contribution in [3.05, 3.63) is 53.4 Å². The molecular weight excluding hydrogens is 360 g/mol. The summed E-state index contributed by atoms with van der Waals surface area (Å²) in [6.07, 6.45) is 5.47. The van der Waals surface area contributed by atoms with Crippen LogP contribution in [0.15, 0.2) is 42.2 Å². The number of thiophene rings is 1. The van der Waals surface area contributed by atoms with Gasteiger partial charge in [0.25, 0.3) is 0 Å². The SMILES string of the molecule is CCn1cc(CNC(=O)Cn2nc(C)c3c(-c4cccs4)ccnc32)cn1. The zero-order chi connectivity index (χ0) is 18.8. The van der Waals surface area contributed by atoms with Crippen molar-refractivity contribution in [3.63, 3.8) is 0 Å². The molecule has 0 radical (unpaired) electrons. The number of hydrogen-bond acceptors (Lipinski definition) is 5. The van der Waals surface area contributed by atoms with E-state index < -0.39 is 0 Å². The van der Waals surface area contributed by atoms with Crippen LogP contribution in [0.2, 0.25) is 0 Å². The second kappa shape index (κ2) is 7.32. The molecule has 0 atom stereocenters. The molecule has 0 saturated heterocycles. The first-order valence-corrected chi connectivity index (χ1v) is 9.67. The Kier molecular flexibility index (Phi) is 4.72. The Bertz CT molecular complexity index is 1080. The van der Waals surface area contributed by atoms with Gasteiger partial charge in [-0.1, -0.05) is 6.07 Å². The largest absolute Gasteiger partial charge is 0.350 e. The molecule has 0 aliphatic carbocycles. The summed E-state index contributed by atoms with van der Waals surface area (Å²) in [5.41, 5.74) is 3.68. The number of rotatable bonds is 6. The van der Waals surface area contributed by atoms with Crippen molar-refractivity contribution in [2.24, 2.45) is 0 Å². The van der Waals surface area contributed by atoms with Gasteiger partial charge in [0, 0.05) is 41.5 Å². The number of nitrogens with zero attached hydrogens (tertiary/aromatic N) is 5. The Morgan fingerprint density at radius 1 is 1.33 bits per heavy atom. The molecule has 0 aliphatic rings. The summed E-state index contributed by atoms with van der Waals surface area (Å²) in [7, 11) is 0. The summed E-state index contributed by atoms with van der Waals surface area (Å²) in [6, 6.07) is 6.11. The predicted octanol–water partition coefficient (Wildman–Crippen LogP) is 3.00. The Morgan fingerprint density at radius 2 is 2.22 bits per heavy atom.